The fourth-order valence-electron chi connectivity index (χ4n) is 2.91. The predicted molar refractivity (Wildman–Crippen MR) is 127 cm³/mol. The van der Waals surface area contributed by atoms with E-state index in [2.05, 4.69) is 16.9 Å². The Kier molecular flexibility index (Phi) is 8.14. The molecule has 1 fully saturated rings. The molecule has 0 aromatic heterocycles. The number of ether oxygens (including phenoxy) is 1. The van der Waals surface area contributed by atoms with Crippen LogP contribution in [-0.4, -0.2) is 40.3 Å². The third-order valence-electron chi connectivity index (χ3n) is 4.35. The quantitative estimate of drug-likeness (QED) is 0.520. The number of amidine groups is 1. The lowest BCUT2D eigenvalue weighted by Crippen LogP contribution is -2.33. The molecule has 1 N–H and O–H groups in total. The largest absolute Gasteiger partial charge is 0.494 e. The van der Waals surface area contributed by atoms with Crippen molar-refractivity contribution in [2.45, 2.75) is 25.0 Å². The highest BCUT2D eigenvalue weighted by atomic mass is 35.5. The van der Waals surface area contributed by atoms with Crippen LogP contribution in [0.1, 0.15) is 19.8 Å². The van der Waals surface area contributed by atoms with Gasteiger partial charge in [-0.05, 0) is 48.9 Å². The van der Waals surface area contributed by atoms with Crippen LogP contribution in [-0.2, 0) is 9.59 Å². The number of halogens is 1. The van der Waals surface area contributed by atoms with Crippen LogP contribution in [0.2, 0.25) is 5.02 Å². The molecule has 0 saturated carbocycles. The van der Waals surface area contributed by atoms with Crippen LogP contribution in [0.25, 0.3) is 0 Å². The molecular weight excluding hydrogens is 434 g/mol. The fourth-order valence-corrected chi connectivity index (χ4v) is 4.26. The molecule has 3 rings (SSSR count). The first-order valence-electron chi connectivity index (χ1n) is 9.96. The molecule has 1 saturated heterocycles. The van der Waals surface area contributed by atoms with Gasteiger partial charge in [-0.15, -0.1) is 6.58 Å². The van der Waals surface area contributed by atoms with Crippen molar-refractivity contribution in [3.05, 3.63) is 66.2 Å². The van der Waals surface area contributed by atoms with E-state index in [4.69, 9.17) is 16.3 Å². The van der Waals surface area contributed by atoms with E-state index in [1.807, 2.05) is 25.1 Å². The monoisotopic (exact) mass is 457 g/mol. The van der Waals surface area contributed by atoms with Gasteiger partial charge in [0.1, 0.15) is 11.0 Å². The zero-order chi connectivity index (χ0) is 22.2. The molecule has 0 unspecified atom stereocenters. The Morgan fingerprint density at radius 3 is 2.77 bits per heavy atom. The van der Waals surface area contributed by atoms with Crippen LogP contribution in [0, 0.1) is 0 Å². The third-order valence-corrected chi connectivity index (χ3v) is 5.76. The Balaban J connectivity index is 1.66. The Labute approximate surface area is 191 Å². The lowest BCUT2D eigenvalue weighted by molar-refractivity contribution is -0.127. The predicted octanol–water partition coefficient (Wildman–Crippen LogP) is 5.28. The van der Waals surface area contributed by atoms with Gasteiger partial charge in [0.2, 0.25) is 11.8 Å². The molecule has 0 aliphatic carbocycles. The van der Waals surface area contributed by atoms with Crippen molar-refractivity contribution in [1.82, 2.24) is 4.90 Å². The van der Waals surface area contributed by atoms with Gasteiger partial charge in [-0.2, -0.15) is 0 Å². The number of benzene rings is 2. The summed E-state index contributed by atoms with van der Waals surface area (Å²) >= 11 is 7.30. The smallest absolute Gasteiger partial charge is 0.242 e. The number of carbonyl (C=O) groups excluding carboxylic acids is 2. The molecule has 1 aliphatic rings. The van der Waals surface area contributed by atoms with Crippen LogP contribution >= 0.6 is 23.4 Å². The van der Waals surface area contributed by atoms with Crippen molar-refractivity contribution in [3.8, 4) is 5.75 Å². The zero-order valence-electron chi connectivity index (χ0n) is 17.2. The summed E-state index contributed by atoms with van der Waals surface area (Å²) in [5.74, 6) is 0.350. The number of rotatable bonds is 9. The van der Waals surface area contributed by atoms with E-state index in [9.17, 15) is 9.59 Å². The van der Waals surface area contributed by atoms with Gasteiger partial charge in [0.15, 0.2) is 5.17 Å². The molecule has 2 aromatic rings. The normalized spacial score (nSPS) is 17.1. The highest BCUT2D eigenvalue weighted by Gasteiger charge is 2.38. The number of amides is 2. The van der Waals surface area contributed by atoms with Gasteiger partial charge in [0, 0.05) is 23.7 Å². The van der Waals surface area contributed by atoms with Crippen molar-refractivity contribution < 1.29 is 14.3 Å². The molecule has 2 aromatic carbocycles. The van der Waals surface area contributed by atoms with Crippen molar-refractivity contribution in [3.63, 3.8) is 0 Å². The number of hydrogen-bond acceptors (Lipinski definition) is 5. The summed E-state index contributed by atoms with van der Waals surface area (Å²) in [5.41, 5.74) is 1.30. The minimum Gasteiger partial charge on any atom is -0.494 e. The molecular formula is C23H24ClN3O3S. The van der Waals surface area contributed by atoms with E-state index in [0.717, 1.165) is 12.2 Å². The summed E-state index contributed by atoms with van der Waals surface area (Å²) < 4.78 is 5.54. The number of hydrogen-bond donors (Lipinski definition) is 1. The molecule has 31 heavy (non-hydrogen) atoms. The average Bonchev–Trinajstić information content (AvgIpc) is 3.02. The Morgan fingerprint density at radius 2 is 2.10 bits per heavy atom. The number of thioether (sulfide) groups is 1. The summed E-state index contributed by atoms with van der Waals surface area (Å²) in [6, 6.07) is 14.3. The van der Waals surface area contributed by atoms with Crippen molar-refractivity contribution >= 4 is 51.7 Å². The second kappa shape index (κ2) is 11.0. The molecule has 1 heterocycles. The van der Waals surface area contributed by atoms with E-state index in [-0.39, 0.29) is 18.2 Å². The lowest BCUT2D eigenvalue weighted by Gasteiger charge is -2.14. The molecule has 1 aliphatic heterocycles. The van der Waals surface area contributed by atoms with E-state index in [1.54, 1.807) is 36.4 Å². The second-order valence-corrected chi connectivity index (χ2v) is 8.45. The summed E-state index contributed by atoms with van der Waals surface area (Å²) in [6.07, 6.45) is 2.60. The average molecular weight is 458 g/mol. The summed E-state index contributed by atoms with van der Waals surface area (Å²) in [5, 5.41) is 3.38. The van der Waals surface area contributed by atoms with Gasteiger partial charge in [-0.25, -0.2) is 4.99 Å². The van der Waals surface area contributed by atoms with Gasteiger partial charge in [-0.1, -0.05) is 42.4 Å². The van der Waals surface area contributed by atoms with E-state index in [0.29, 0.717) is 34.7 Å². The molecule has 0 spiro atoms. The number of nitrogens with zero attached hydrogens (tertiary/aromatic N) is 2. The van der Waals surface area contributed by atoms with Gasteiger partial charge < -0.3 is 10.1 Å². The van der Waals surface area contributed by atoms with Crippen LogP contribution in [0.5, 0.6) is 5.75 Å². The zero-order valence-corrected chi connectivity index (χ0v) is 18.8. The summed E-state index contributed by atoms with van der Waals surface area (Å²) in [6.45, 7) is 6.72. The highest BCUT2D eigenvalue weighted by Crippen LogP contribution is 2.32. The molecule has 162 valence electrons. The first-order chi connectivity index (χ1) is 15.0. The standard InChI is InChI=1S/C23H24ClN3O3S/c1-3-12-27-22(29)20(31-23(27)26-18-7-5-6-16(24)14-18)15-21(28)25-17-8-10-19(11-9-17)30-13-4-2/h3,5-11,14,20H,1,4,12-13,15H2,2H3,(H,25,28)/t20-/m0/s1. The summed E-state index contributed by atoms with van der Waals surface area (Å²) in [7, 11) is 0. The Morgan fingerprint density at radius 1 is 1.32 bits per heavy atom. The maximum atomic E-state index is 12.8. The van der Waals surface area contributed by atoms with Crippen molar-refractivity contribution in [1.29, 1.82) is 0 Å². The lowest BCUT2D eigenvalue weighted by atomic mass is 10.2. The van der Waals surface area contributed by atoms with Crippen LogP contribution in [0.4, 0.5) is 11.4 Å². The third kappa shape index (κ3) is 6.35. The molecule has 1 atom stereocenters. The molecule has 0 bridgehead atoms. The topological polar surface area (TPSA) is 71.0 Å². The number of carbonyl (C=O) groups is 2. The Bertz CT molecular complexity index is 978. The fraction of sp³-hybridized carbons (Fsp3) is 0.261. The minimum absolute atomic E-state index is 0.0415. The molecule has 0 radical (unpaired) electrons. The first-order valence-corrected chi connectivity index (χ1v) is 11.2. The maximum absolute atomic E-state index is 12.8. The SMILES string of the molecule is C=CCN1C(=O)[C@H](CC(=O)Nc2ccc(OCCC)cc2)SC1=Nc1cccc(Cl)c1. The van der Waals surface area contributed by atoms with Gasteiger partial charge in [-0.3, -0.25) is 14.5 Å². The van der Waals surface area contributed by atoms with Crippen LogP contribution in [0.15, 0.2) is 66.2 Å². The number of aliphatic imine (C=N–C) groups is 1. The second-order valence-electron chi connectivity index (χ2n) is 6.84. The summed E-state index contributed by atoms with van der Waals surface area (Å²) in [4.78, 5) is 31.5. The van der Waals surface area contributed by atoms with Gasteiger partial charge in [0.25, 0.3) is 0 Å². The molecule has 2 amide bonds. The first kappa shape index (κ1) is 22.9. The highest BCUT2D eigenvalue weighted by molar-refractivity contribution is 8.15. The van der Waals surface area contributed by atoms with Crippen molar-refractivity contribution in [2.24, 2.45) is 4.99 Å². The number of nitrogens with one attached hydrogen (secondary N) is 1. The van der Waals surface area contributed by atoms with E-state index >= 15 is 0 Å². The van der Waals surface area contributed by atoms with Crippen LogP contribution in [0.3, 0.4) is 0 Å². The maximum Gasteiger partial charge on any atom is 0.242 e. The van der Waals surface area contributed by atoms with E-state index in [1.165, 1.54) is 16.7 Å². The minimum atomic E-state index is -0.551. The van der Waals surface area contributed by atoms with Crippen LogP contribution < -0.4 is 10.1 Å². The number of anilines is 1. The van der Waals surface area contributed by atoms with E-state index < -0.39 is 5.25 Å². The van der Waals surface area contributed by atoms with Gasteiger partial charge in [0.05, 0.1) is 12.3 Å². The molecule has 8 heteroatoms. The van der Waals surface area contributed by atoms with Gasteiger partial charge >= 0.3 is 0 Å². The Hall–Kier alpha value is -2.77. The molecule has 6 nitrogen and oxygen atoms in total. The van der Waals surface area contributed by atoms with Crippen molar-refractivity contribution in [2.75, 3.05) is 18.5 Å².